The van der Waals surface area contributed by atoms with Crippen molar-refractivity contribution in [2.24, 2.45) is 5.92 Å². The average molecular weight is 210 g/mol. The molecule has 0 aromatic rings. The molecule has 1 heterocycles. The van der Waals surface area contributed by atoms with Crippen LogP contribution in [0.2, 0.25) is 0 Å². The van der Waals surface area contributed by atoms with Gasteiger partial charge in [-0.15, -0.1) is 0 Å². The van der Waals surface area contributed by atoms with Crippen molar-refractivity contribution in [1.29, 1.82) is 0 Å². The van der Waals surface area contributed by atoms with Gasteiger partial charge in [0.25, 0.3) is 0 Å². The molecule has 2 unspecified atom stereocenters. The lowest BCUT2D eigenvalue weighted by Gasteiger charge is -2.23. The number of nitrogens with zero attached hydrogens (tertiary/aromatic N) is 1. The summed E-state index contributed by atoms with van der Waals surface area (Å²) in [7, 11) is 0. The fourth-order valence-corrected chi connectivity index (χ4v) is 2.75. The van der Waals surface area contributed by atoms with Crippen LogP contribution in [0, 0.1) is 5.92 Å². The van der Waals surface area contributed by atoms with Crippen LogP contribution >= 0.6 is 0 Å². The Balaban J connectivity index is 1.97. The second-order valence-electron chi connectivity index (χ2n) is 4.97. The Morgan fingerprint density at radius 2 is 2.13 bits per heavy atom. The summed E-state index contributed by atoms with van der Waals surface area (Å²) in [4.78, 5) is 14.2. The minimum Gasteiger partial charge on any atom is -0.326 e. The maximum atomic E-state index is 12.2. The average Bonchev–Trinajstić information content (AvgIpc) is 2.85. The summed E-state index contributed by atoms with van der Waals surface area (Å²) in [6, 6.07) is 0.606. The van der Waals surface area contributed by atoms with Crippen LogP contribution in [0.15, 0.2) is 0 Å². The molecule has 1 saturated heterocycles. The Morgan fingerprint density at radius 3 is 2.73 bits per heavy atom. The van der Waals surface area contributed by atoms with E-state index in [1.165, 1.54) is 25.7 Å². The third-order valence-electron chi connectivity index (χ3n) is 4.01. The predicted molar refractivity (Wildman–Crippen MR) is 60.3 cm³/mol. The molecule has 2 fully saturated rings. The monoisotopic (exact) mass is 210 g/mol. The van der Waals surface area contributed by atoms with E-state index in [-0.39, 0.29) is 6.04 Å². The second kappa shape index (κ2) is 4.52. The van der Waals surface area contributed by atoms with Crippen molar-refractivity contribution in [2.45, 2.75) is 58.0 Å². The number of hydrogen-bond donors (Lipinski definition) is 1. The molecule has 2 rings (SSSR count). The van der Waals surface area contributed by atoms with E-state index in [2.05, 4.69) is 24.1 Å². The highest BCUT2D eigenvalue weighted by Gasteiger charge is 2.38. The Morgan fingerprint density at radius 1 is 1.47 bits per heavy atom. The minimum atomic E-state index is 0.0793. The number of nitrogens with one attached hydrogen (secondary N) is 1. The van der Waals surface area contributed by atoms with Crippen LogP contribution in [-0.4, -0.2) is 29.6 Å². The van der Waals surface area contributed by atoms with E-state index in [1.54, 1.807) is 0 Å². The van der Waals surface area contributed by atoms with Crippen LogP contribution in [0.4, 0.5) is 0 Å². The molecule has 15 heavy (non-hydrogen) atoms. The molecular weight excluding hydrogens is 188 g/mol. The minimum absolute atomic E-state index is 0.0793. The molecule has 86 valence electrons. The van der Waals surface area contributed by atoms with Crippen LogP contribution in [0.1, 0.15) is 46.0 Å². The normalized spacial score (nSPS) is 30.1. The van der Waals surface area contributed by atoms with Gasteiger partial charge >= 0.3 is 0 Å². The summed E-state index contributed by atoms with van der Waals surface area (Å²) in [6.45, 7) is 5.09. The molecule has 3 heteroatoms. The number of carbonyl (C=O) groups excluding carboxylic acids is 1. The first-order chi connectivity index (χ1) is 7.24. The zero-order valence-electron chi connectivity index (χ0n) is 9.83. The maximum absolute atomic E-state index is 12.2. The van der Waals surface area contributed by atoms with E-state index in [1.807, 2.05) is 0 Å². The molecule has 0 aromatic heterocycles. The quantitative estimate of drug-likeness (QED) is 0.769. The van der Waals surface area contributed by atoms with Gasteiger partial charge in [0.2, 0.25) is 5.91 Å². The third-order valence-corrected chi connectivity index (χ3v) is 4.01. The summed E-state index contributed by atoms with van der Waals surface area (Å²) in [6.07, 6.45) is 6.08. The van der Waals surface area contributed by atoms with Crippen molar-refractivity contribution in [3.8, 4) is 0 Å². The summed E-state index contributed by atoms with van der Waals surface area (Å²) in [5.41, 5.74) is 0. The van der Waals surface area contributed by atoms with E-state index in [9.17, 15) is 4.79 Å². The highest BCUT2D eigenvalue weighted by Crippen LogP contribution is 2.26. The molecule has 0 spiro atoms. The number of rotatable bonds is 3. The van der Waals surface area contributed by atoms with E-state index in [0.29, 0.717) is 17.9 Å². The first-order valence-electron chi connectivity index (χ1n) is 6.28. The van der Waals surface area contributed by atoms with Crippen molar-refractivity contribution < 1.29 is 4.79 Å². The van der Waals surface area contributed by atoms with Crippen molar-refractivity contribution >= 4 is 5.91 Å². The lowest BCUT2D eigenvalue weighted by molar-refractivity contribution is -0.131. The topological polar surface area (TPSA) is 32.3 Å². The molecule has 1 amide bonds. The van der Waals surface area contributed by atoms with Gasteiger partial charge in [0.15, 0.2) is 0 Å². The van der Waals surface area contributed by atoms with E-state index in [0.717, 1.165) is 13.1 Å². The number of carbonyl (C=O) groups is 1. The van der Waals surface area contributed by atoms with Crippen molar-refractivity contribution in [1.82, 2.24) is 10.2 Å². The van der Waals surface area contributed by atoms with Gasteiger partial charge in [-0.1, -0.05) is 33.1 Å². The molecule has 2 aliphatic rings. The first-order valence-corrected chi connectivity index (χ1v) is 6.28. The van der Waals surface area contributed by atoms with Gasteiger partial charge in [0, 0.05) is 6.04 Å². The van der Waals surface area contributed by atoms with E-state index >= 15 is 0 Å². The lowest BCUT2D eigenvalue weighted by atomic mass is 9.99. The van der Waals surface area contributed by atoms with E-state index in [4.69, 9.17) is 0 Å². The van der Waals surface area contributed by atoms with Crippen molar-refractivity contribution in [3.63, 3.8) is 0 Å². The molecule has 1 aliphatic carbocycles. The van der Waals surface area contributed by atoms with Gasteiger partial charge in [-0.25, -0.2) is 0 Å². The SMILES string of the molecule is CCC(C)C1NCN(C2CCCC2)C1=O. The van der Waals surface area contributed by atoms with Crippen LogP contribution in [0.25, 0.3) is 0 Å². The molecule has 1 aliphatic heterocycles. The zero-order chi connectivity index (χ0) is 10.8. The van der Waals surface area contributed by atoms with Gasteiger partial charge in [-0.2, -0.15) is 0 Å². The van der Waals surface area contributed by atoms with Gasteiger partial charge in [-0.05, 0) is 18.8 Å². The van der Waals surface area contributed by atoms with E-state index < -0.39 is 0 Å². The molecule has 2 atom stereocenters. The molecule has 0 aromatic carbocycles. The van der Waals surface area contributed by atoms with Gasteiger partial charge in [-0.3, -0.25) is 10.1 Å². The Kier molecular flexibility index (Phi) is 3.29. The largest absolute Gasteiger partial charge is 0.326 e. The molecule has 3 nitrogen and oxygen atoms in total. The third kappa shape index (κ3) is 2.03. The van der Waals surface area contributed by atoms with Gasteiger partial charge in [0.05, 0.1) is 12.7 Å². The molecule has 0 radical (unpaired) electrons. The van der Waals surface area contributed by atoms with Crippen LogP contribution in [-0.2, 0) is 4.79 Å². The fourth-order valence-electron chi connectivity index (χ4n) is 2.75. The van der Waals surface area contributed by atoms with Gasteiger partial charge < -0.3 is 4.90 Å². The molecule has 1 N–H and O–H groups in total. The first kappa shape index (κ1) is 10.9. The summed E-state index contributed by atoms with van der Waals surface area (Å²) < 4.78 is 0. The fraction of sp³-hybridized carbons (Fsp3) is 0.917. The highest BCUT2D eigenvalue weighted by molar-refractivity contribution is 5.84. The van der Waals surface area contributed by atoms with Crippen molar-refractivity contribution in [3.05, 3.63) is 0 Å². The summed E-state index contributed by atoms with van der Waals surface area (Å²) >= 11 is 0. The van der Waals surface area contributed by atoms with Crippen LogP contribution in [0.5, 0.6) is 0 Å². The maximum Gasteiger partial charge on any atom is 0.241 e. The summed E-state index contributed by atoms with van der Waals surface area (Å²) in [5, 5.41) is 3.36. The van der Waals surface area contributed by atoms with Crippen LogP contribution < -0.4 is 5.32 Å². The Labute approximate surface area is 92.2 Å². The molecule has 0 bridgehead atoms. The van der Waals surface area contributed by atoms with Gasteiger partial charge in [0.1, 0.15) is 0 Å². The molecular formula is C12H22N2O. The number of hydrogen-bond acceptors (Lipinski definition) is 2. The summed E-state index contributed by atoms with van der Waals surface area (Å²) in [5.74, 6) is 0.806. The number of amides is 1. The Bertz CT molecular complexity index is 236. The second-order valence-corrected chi connectivity index (χ2v) is 4.97. The lowest BCUT2D eigenvalue weighted by Crippen LogP contribution is -2.39. The van der Waals surface area contributed by atoms with Crippen LogP contribution in [0.3, 0.4) is 0 Å². The zero-order valence-corrected chi connectivity index (χ0v) is 9.83. The molecule has 1 saturated carbocycles. The smallest absolute Gasteiger partial charge is 0.241 e. The highest BCUT2D eigenvalue weighted by atomic mass is 16.2. The van der Waals surface area contributed by atoms with Crippen molar-refractivity contribution in [2.75, 3.05) is 6.67 Å². The predicted octanol–water partition coefficient (Wildman–Crippen LogP) is 1.73. The Hall–Kier alpha value is -0.570. The standard InChI is InChI=1S/C12H22N2O/c1-3-9(2)11-12(15)14(8-13-11)10-6-4-5-7-10/h9-11,13H,3-8H2,1-2H3.